The number of aromatic amines is 2. The quantitative estimate of drug-likeness (QED) is 0.397. The monoisotopic (exact) mass is 497 g/mol. The fourth-order valence-electron chi connectivity index (χ4n) is 3.96. The van der Waals surface area contributed by atoms with Gasteiger partial charge in [-0.25, -0.2) is 0 Å². The lowest BCUT2D eigenvalue weighted by atomic mass is 10.1. The summed E-state index contributed by atoms with van der Waals surface area (Å²) in [5.41, 5.74) is 2.24. The Hall–Kier alpha value is -3.99. The molecule has 0 radical (unpaired) electrons. The van der Waals surface area contributed by atoms with Crippen molar-refractivity contribution in [2.24, 2.45) is 10.2 Å². The zero-order chi connectivity index (χ0) is 25.5. The molecule has 2 heterocycles. The zero-order valence-electron chi connectivity index (χ0n) is 20.9. The van der Waals surface area contributed by atoms with Crippen molar-refractivity contribution in [2.45, 2.75) is 13.8 Å². The van der Waals surface area contributed by atoms with E-state index in [9.17, 15) is 4.79 Å². The van der Waals surface area contributed by atoms with Crippen molar-refractivity contribution in [3.05, 3.63) is 40.7 Å². The number of H-pyrrole nitrogens is 2. The Kier molecular flexibility index (Phi) is 8.11. The molecule has 2 N–H and O–H groups in total. The fourth-order valence-corrected chi connectivity index (χ4v) is 3.96. The van der Waals surface area contributed by atoms with Crippen LogP contribution in [0.3, 0.4) is 0 Å². The summed E-state index contributed by atoms with van der Waals surface area (Å²) >= 11 is 0. The summed E-state index contributed by atoms with van der Waals surface area (Å²) in [6, 6.07) is 9.01. The van der Waals surface area contributed by atoms with Crippen molar-refractivity contribution in [1.29, 1.82) is 0 Å². The van der Waals surface area contributed by atoms with Gasteiger partial charge in [-0.3, -0.25) is 15.0 Å². The van der Waals surface area contributed by atoms with E-state index in [2.05, 4.69) is 25.3 Å². The van der Waals surface area contributed by atoms with Crippen LogP contribution in [0, 0.1) is 0 Å². The average Bonchev–Trinajstić information content (AvgIpc) is 3.28. The molecule has 4 rings (SSSR count). The van der Waals surface area contributed by atoms with Crippen LogP contribution in [0.25, 0.3) is 11.3 Å². The summed E-state index contributed by atoms with van der Waals surface area (Å²) in [4.78, 5) is 14.8. The zero-order valence-corrected chi connectivity index (χ0v) is 20.9. The second kappa shape index (κ2) is 11.6. The van der Waals surface area contributed by atoms with Gasteiger partial charge in [-0.1, -0.05) is 0 Å². The van der Waals surface area contributed by atoms with Gasteiger partial charge in [0.1, 0.15) is 17.2 Å². The van der Waals surface area contributed by atoms with Gasteiger partial charge >= 0.3 is 0 Å². The van der Waals surface area contributed by atoms with Crippen molar-refractivity contribution < 1.29 is 23.7 Å². The number of methoxy groups -OCH3 is 2. The van der Waals surface area contributed by atoms with Crippen molar-refractivity contribution >= 4 is 17.1 Å². The van der Waals surface area contributed by atoms with Crippen LogP contribution in [0.4, 0.5) is 17.1 Å². The van der Waals surface area contributed by atoms with Gasteiger partial charge in [0.2, 0.25) is 0 Å². The second-order valence-electron chi connectivity index (χ2n) is 7.83. The molecule has 0 amide bonds. The molecule has 11 nitrogen and oxygen atoms in total. The van der Waals surface area contributed by atoms with Gasteiger partial charge in [-0.05, 0) is 32.0 Å². The Morgan fingerprint density at radius 1 is 0.889 bits per heavy atom. The van der Waals surface area contributed by atoms with E-state index in [0.717, 1.165) is 18.8 Å². The lowest BCUT2D eigenvalue weighted by molar-refractivity contribution is 0.122. The molecule has 11 heteroatoms. The van der Waals surface area contributed by atoms with E-state index in [1.807, 2.05) is 19.9 Å². The maximum Gasteiger partial charge on any atom is 0.292 e. The first kappa shape index (κ1) is 25.1. The molecule has 0 atom stereocenters. The third-order valence-electron chi connectivity index (χ3n) is 5.67. The summed E-state index contributed by atoms with van der Waals surface area (Å²) in [6.45, 7) is 7.55. The highest BCUT2D eigenvalue weighted by atomic mass is 16.5. The number of aromatic nitrogens is 2. The Morgan fingerprint density at radius 2 is 1.61 bits per heavy atom. The molecule has 1 saturated heterocycles. The largest absolute Gasteiger partial charge is 0.493 e. The first-order valence-corrected chi connectivity index (χ1v) is 11.8. The molecule has 2 aromatic carbocycles. The van der Waals surface area contributed by atoms with E-state index in [1.54, 1.807) is 38.5 Å². The molecule has 1 fully saturated rings. The van der Waals surface area contributed by atoms with Gasteiger partial charge in [0.15, 0.2) is 17.2 Å². The van der Waals surface area contributed by atoms with Crippen molar-refractivity contribution in [2.75, 3.05) is 58.6 Å². The third kappa shape index (κ3) is 5.30. The smallest absolute Gasteiger partial charge is 0.292 e. The number of morpholine rings is 1. The highest BCUT2D eigenvalue weighted by Crippen LogP contribution is 2.42. The van der Waals surface area contributed by atoms with Crippen molar-refractivity contribution in [1.82, 2.24) is 10.2 Å². The summed E-state index contributed by atoms with van der Waals surface area (Å²) < 4.78 is 28.0. The molecule has 1 aliphatic rings. The van der Waals surface area contributed by atoms with Gasteiger partial charge in [-0.2, -0.15) is 0 Å². The number of benzene rings is 2. The highest BCUT2D eigenvalue weighted by molar-refractivity contribution is 5.74. The molecule has 0 unspecified atom stereocenters. The third-order valence-corrected chi connectivity index (χ3v) is 5.67. The standard InChI is InChI=1S/C25H31N5O6/c1-5-35-20-15-18(30-9-11-34-12-10-30)21(36-6-2)14-17(20)26-28-24-23(27-29-25(24)31)16-7-8-19(32-3)22(13-16)33-4/h7-8,13-15H,5-6,9-12H2,1-4H3,(H2,27,29,31). The molecule has 36 heavy (non-hydrogen) atoms. The summed E-state index contributed by atoms with van der Waals surface area (Å²) in [6.07, 6.45) is 0. The molecule has 0 bridgehead atoms. The predicted octanol–water partition coefficient (Wildman–Crippen LogP) is 4.44. The number of nitrogens with one attached hydrogen (secondary N) is 2. The van der Waals surface area contributed by atoms with Gasteiger partial charge in [-0.15, -0.1) is 10.2 Å². The summed E-state index contributed by atoms with van der Waals surface area (Å²) in [5, 5.41) is 14.2. The van der Waals surface area contributed by atoms with Crippen LogP contribution < -0.4 is 29.4 Å². The Bertz CT molecular complexity index is 1260. The number of nitrogens with zero attached hydrogens (tertiary/aromatic N) is 3. The number of azo groups is 1. The normalized spacial score (nSPS) is 13.7. The van der Waals surface area contributed by atoms with Gasteiger partial charge in [0.05, 0.1) is 52.0 Å². The fraction of sp³-hybridized carbons (Fsp3) is 0.400. The molecular formula is C25H31N5O6. The highest BCUT2D eigenvalue weighted by Gasteiger charge is 2.20. The van der Waals surface area contributed by atoms with Gasteiger partial charge in [0.25, 0.3) is 5.56 Å². The maximum absolute atomic E-state index is 12.6. The van der Waals surface area contributed by atoms with Crippen molar-refractivity contribution in [3.63, 3.8) is 0 Å². The topological polar surface area (TPSA) is 123 Å². The first-order chi connectivity index (χ1) is 17.6. The molecule has 0 aliphatic carbocycles. The Morgan fingerprint density at radius 3 is 2.31 bits per heavy atom. The van der Waals surface area contributed by atoms with Crippen LogP contribution in [0.2, 0.25) is 0 Å². The molecule has 0 spiro atoms. The molecule has 3 aromatic rings. The minimum atomic E-state index is -0.406. The van der Waals surface area contributed by atoms with E-state index in [4.69, 9.17) is 23.7 Å². The molecule has 0 saturated carbocycles. The Balaban J connectivity index is 1.73. The van der Waals surface area contributed by atoms with Crippen molar-refractivity contribution in [3.8, 4) is 34.3 Å². The van der Waals surface area contributed by atoms with E-state index in [0.29, 0.717) is 66.4 Å². The van der Waals surface area contributed by atoms with Crippen LogP contribution in [0.5, 0.6) is 23.0 Å². The number of hydrogen-bond acceptors (Lipinski definition) is 9. The summed E-state index contributed by atoms with van der Waals surface area (Å²) in [5.74, 6) is 2.32. The number of ether oxygens (including phenoxy) is 5. The summed E-state index contributed by atoms with van der Waals surface area (Å²) in [7, 11) is 3.11. The van der Waals surface area contributed by atoms with Gasteiger partial charge < -0.3 is 28.6 Å². The maximum atomic E-state index is 12.6. The van der Waals surface area contributed by atoms with Crippen LogP contribution in [0.1, 0.15) is 13.8 Å². The van der Waals surface area contributed by atoms with E-state index >= 15 is 0 Å². The van der Waals surface area contributed by atoms with Crippen LogP contribution >= 0.6 is 0 Å². The van der Waals surface area contributed by atoms with Crippen LogP contribution in [-0.4, -0.2) is 63.9 Å². The van der Waals surface area contributed by atoms with E-state index in [1.165, 1.54) is 0 Å². The van der Waals surface area contributed by atoms with E-state index in [-0.39, 0.29) is 5.69 Å². The SMILES string of the molecule is CCOc1cc(N2CCOCC2)c(OCC)cc1N=Nc1c(-c2ccc(OC)c(OC)c2)[nH][nH]c1=O. The number of anilines is 1. The Labute approximate surface area is 209 Å². The molecule has 1 aliphatic heterocycles. The minimum absolute atomic E-state index is 0.125. The first-order valence-electron chi connectivity index (χ1n) is 11.8. The second-order valence-corrected chi connectivity index (χ2v) is 7.83. The van der Waals surface area contributed by atoms with E-state index < -0.39 is 5.56 Å². The predicted molar refractivity (Wildman–Crippen MR) is 136 cm³/mol. The van der Waals surface area contributed by atoms with Crippen LogP contribution in [-0.2, 0) is 4.74 Å². The molecule has 1 aromatic heterocycles. The van der Waals surface area contributed by atoms with Crippen LogP contribution in [0.15, 0.2) is 45.4 Å². The number of hydrogen-bond donors (Lipinski definition) is 2. The lowest BCUT2D eigenvalue weighted by Crippen LogP contribution is -2.36. The molecule has 192 valence electrons. The lowest BCUT2D eigenvalue weighted by Gasteiger charge is -2.30. The number of rotatable bonds is 10. The van der Waals surface area contributed by atoms with Gasteiger partial charge in [0, 0.05) is 30.8 Å². The molecular weight excluding hydrogens is 466 g/mol. The minimum Gasteiger partial charge on any atom is -0.493 e. The average molecular weight is 498 g/mol.